The van der Waals surface area contributed by atoms with E-state index in [-0.39, 0.29) is 6.54 Å². The molecule has 2 rings (SSSR count). The summed E-state index contributed by atoms with van der Waals surface area (Å²) < 4.78 is 0. The van der Waals surface area contributed by atoms with Crippen LogP contribution in [0, 0.1) is 0 Å². The van der Waals surface area contributed by atoms with Gasteiger partial charge in [-0.1, -0.05) is 18.2 Å². The molecule has 1 atom stereocenters. The molecular formula is C15H18N4O3. The molecule has 1 unspecified atom stereocenters. The van der Waals surface area contributed by atoms with E-state index in [1.54, 1.807) is 6.07 Å². The highest BCUT2D eigenvalue weighted by molar-refractivity contribution is 5.77. The van der Waals surface area contributed by atoms with E-state index in [9.17, 15) is 9.90 Å². The van der Waals surface area contributed by atoms with Gasteiger partial charge in [-0.05, 0) is 19.1 Å². The van der Waals surface area contributed by atoms with Crippen LogP contribution in [0.15, 0.2) is 42.7 Å². The first-order valence-electron chi connectivity index (χ1n) is 6.70. The summed E-state index contributed by atoms with van der Waals surface area (Å²) in [7, 11) is 1.87. The van der Waals surface area contributed by atoms with Gasteiger partial charge in [-0.25, -0.2) is 14.8 Å². The Balaban J connectivity index is 2.12. The number of nitrogens with zero attached hydrogens (tertiary/aromatic N) is 3. The highest BCUT2D eigenvalue weighted by Crippen LogP contribution is 2.22. The Morgan fingerprint density at radius 3 is 2.64 bits per heavy atom. The largest absolute Gasteiger partial charge is 0.479 e. The van der Waals surface area contributed by atoms with Crippen LogP contribution in [0.2, 0.25) is 0 Å². The Bertz CT molecular complexity index is 646. The lowest BCUT2D eigenvalue weighted by Crippen LogP contribution is -2.41. The second-order valence-electron chi connectivity index (χ2n) is 5.09. The third-order valence-electron chi connectivity index (χ3n) is 3.21. The Morgan fingerprint density at radius 2 is 2.00 bits per heavy atom. The maximum Gasteiger partial charge on any atom is 0.337 e. The topological polar surface area (TPSA) is 98.6 Å². The second-order valence-corrected chi connectivity index (χ2v) is 5.09. The molecule has 1 aromatic heterocycles. The van der Waals surface area contributed by atoms with Crippen LogP contribution in [0.1, 0.15) is 6.92 Å². The van der Waals surface area contributed by atoms with Gasteiger partial charge in [0, 0.05) is 18.8 Å². The number of carbonyl (C=O) groups is 1. The molecule has 0 saturated carbocycles. The van der Waals surface area contributed by atoms with Crippen molar-refractivity contribution in [3.8, 4) is 0 Å². The average Bonchev–Trinajstić information content (AvgIpc) is 2.53. The molecule has 0 aliphatic heterocycles. The monoisotopic (exact) mass is 302 g/mol. The first-order valence-corrected chi connectivity index (χ1v) is 6.70. The quantitative estimate of drug-likeness (QED) is 0.743. The predicted octanol–water partition coefficient (Wildman–Crippen LogP) is 1.49. The lowest BCUT2D eigenvalue weighted by atomic mass is 10.1. The minimum absolute atomic E-state index is 0.159. The van der Waals surface area contributed by atoms with Gasteiger partial charge in [-0.3, -0.25) is 0 Å². The van der Waals surface area contributed by atoms with E-state index in [2.05, 4.69) is 15.3 Å². The molecule has 0 bridgehead atoms. The first-order chi connectivity index (χ1) is 10.4. The zero-order valence-electron chi connectivity index (χ0n) is 12.4. The van der Waals surface area contributed by atoms with Crippen molar-refractivity contribution in [1.29, 1.82) is 0 Å². The fraction of sp³-hybridized carbons (Fsp3) is 0.267. The van der Waals surface area contributed by atoms with Crippen molar-refractivity contribution >= 4 is 23.3 Å². The van der Waals surface area contributed by atoms with Crippen molar-refractivity contribution in [1.82, 2.24) is 9.97 Å². The van der Waals surface area contributed by atoms with Gasteiger partial charge >= 0.3 is 5.97 Å². The Hall–Kier alpha value is -2.67. The molecular weight excluding hydrogens is 284 g/mol. The summed E-state index contributed by atoms with van der Waals surface area (Å²) in [5.41, 5.74) is -0.902. The number of benzene rings is 1. The van der Waals surface area contributed by atoms with E-state index < -0.39 is 11.6 Å². The van der Waals surface area contributed by atoms with Crippen LogP contribution >= 0.6 is 0 Å². The molecule has 116 valence electrons. The van der Waals surface area contributed by atoms with Crippen LogP contribution in [0.4, 0.5) is 17.3 Å². The van der Waals surface area contributed by atoms with Crippen LogP contribution in [0.3, 0.4) is 0 Å². The molecule has 0 amide bonds. The van der Waals surface area contributed by atoms with Gasteiger partial charge in [0.15, 0.2) is 5.60 Å². The first kappa shape index (κ1) is 15.7. The molecule has 1 aromatic carbocycles. The van der Waals surface area contributed by atoms with Crippen molar-refractivity contribution in [3.63, 3.8) is 0 Å². The Morgan fingerprint density at radius 1 is 1.32 bits per heavy atom. The molecule has 7 nitrogen and oxygen atoms in total. The van der Waals surface area contributed by atoms with Crippen molar-refractivity contribution in [2.75, 3.05) is 23.8 Å². The Kier molecular flexibility index (Phi) is 4.57. The molecule has 0 aliphatic carbocycles. The molecule has 7 heteroatoms. The van der Waals surface area contributed by atoms with E-state index in [0.29, 0.717) is 11.6 Å². The summed E-state index contributed by atoms with van der Waals surface area (Å²) in [4.78, 5) is 21.0. The van der Waals surface area contributed by atoms with Gasteiger partial charge in [-0.15, -0.1) is 0 Å². The van der Waals surface area contributed by atoms with E-state index in [4.69, 9.17) is 5.11 Å². The fourth-order valence-corrected chi connectivity index (χ4v) is 1.75. The molecule has 1 heterocycles. The van der Waals surface area contributed by atoms with Crippen LogP contribution < -0.4 is 10.2 Å². The summed E-state index contributed by atoms with van der Waals surface area (Å²) in [6.07, 6.45) is 1.38. The molecule has 0 fully saturated rings. The number of aliphatic hydroxyl groups is 1. The summed E-state index contributed by atoms with van der Waals surface area (Å²) in [5, 5.41) is 21.4. The highest BCUT2D eigenvalue weighted by atomic mass is 16.4. The number of hydrogen-bond donors (Lipinski definition) is 3. The number of nitrogens with one attached hydrogen (secondary N) is 1. The minimum atomic E-state index is -1.86. The number of anilines is 3. The highest BCUT2D eigenvalue weighted by Gasteiger charge is 2.29. The summed E-state index contributed by atoms with van der Waals surface area (Å²) in [5.74, 6) is -0.205. The smallest absolute Gasteiger partial charge is 0.337 e. The normalized spacial score (nSPS) is 13.2. The third-order valence-corrected chi connectivity index (χ3v) is 3.21. The molecule has 22 heavy (non-hydrogen) atoms. The predicted molar refractivity (Wildman–Crippen MR) is 83.3 cm³/mol. The molecule has 0 aliphatic rings. The maximum atomic E-state index is 10.9. The molecule has 0 spiro atoms. The van der Waals surface area contributed by atoms with E-state index >= 15 is 0 Å². The van der Waals surface area contributed by atoms with Crippen molar-refractivity contribution in [3.05, 3.63) is 42.7 Å². The number of para-hydroxylation sites is 1. The molecule has 0 radical (unpaired) electrons. The zero-order valence-corrected chi connectivity index (χ0v) is 12.4. The van der Waals surface area contributed by atoms with Gasteiger partial charge in [0.25, 0.3) is 0 Å². The SMILES string of the molecule is CN(c1ccccc1)c1cc(NCC(C)(O)C(=O)O)ncn1. The zero-order chi connectivity index (χ0) is 16.2. The maximum absolute atomic E-state index is 10.9. The summed E-state index contributed by atoms with van der Waals surface area (Å²) >= 11 is 0. The number of aliphatic carboxylic acids is 1. The van der Waals surface area contributed by atoms with Crippen LogP contribution in [-0.2, 0) is 4.79 Å². The average molecular weight is 302 g/mol. The minimum Gasteiger partial charge on any atom is -0.479 e. The van der Waals surface area contributed by atoms with E-state index in [1.165, 1.54) is 13.3 Å². The number of carboxylic acids is 1. The Labute approximate surface area is 128 Å². The van der Waals surface area contributed by atoms with Gasteiger partial charge in [0.1, 0.15) is 18.0 Å². The summed E-state index contributed by atoms with van der Waals surface area (Å²) in [6, 6.07) is 11.4. The van der Waals surface area contributed by atoms with Crippen LogP contribution in [0.25, 0.3) is 0 Å². The van der Waals surface area contributed by atoms with Crippen molar-refractivity contribution in [2.45, 2.75) is 12.5 Å². The standard InChI is InChI=1S/C15H18N4O3/c1-15(22,14(20)21)9-16-12-8-13(18-10-17-12)19(2)11-6-4-3-5-7-11/h3-8,10,22H,9H2,1-2H3,(H,20,21)(H,16,17,18). The molecule has 3 N–H and O–H groups in total. The summed E-state index contributed by atoms with van der Waals surface area (Å²) in [6.45, 7) is 1.06. The lowest BCUT2D eigenvalue weighted by molar-refractivity contribution is -0.155. The van der Waals surface area contributed by atoms with Gasteiger partial charge in [-0.2, -0.15) is 0 Å². The molecule has 2 aromatic rings. The number of hydrogen-bond acceptors (Lipinski definition) is 6. The van der Waals surface area contributed by atoms with E-state index in [1.807, 2.05) is 42.3 Å². The number of rotatable bonds is 6. The molecule has 0 saturated heterocycles. The van der Waals surface area contributed by atoms with Gasteiger partial charge in [0.2, 0.25) is 0 Å². The lowest BCUT2D eigenvalue weighted by Gasteiger charge is -2.20. The van der Waals surface area contributed by atoms with Crippen LogP contribution in [-0.4, -0.2) is 45.3 Å². The van der Waals surface area contributed by atoms with Crippen molar-refractivity contribution < 1.29 is 15.0 Å². The number of aromatic nitrogens is 2. The number of carboxylic acid groups (broad SMARTS) is 1. The van der Waals surface area contributed by atoms with Gasteiger partial charge < -0.3 is 20.4 Å². The van der Waals surface area contributed by atoms with Crippen molar-refractivity contribution in [2.24, 2.45) is 0 Å². The van der Waals surface area contributed by atoms with E-state index in [0.717, 1.165) is 5.69 Å². The third kappa shape index (κ3) is 3.70. The second kappa shape index (κ2) is 6.40. The van der Waals surface area contributed by atoms with Gasteiger partial charge in [0.05, 0.1) is 6.54 Å². The fourth-order valence-electron chi connectivity index (χ4n) is 1.75. The van der Waals surface area contributed by atoms with Crippen LogP contribution in [0.5, 0.6) is 0 Å².